The monoisotopic (exact) mass is 467 g/mol. The maximum Gasteiger partial charge on any atom is 0.273 e. The van der Waals surface area contributed by atoms with Gasteiger partial charge in [-0.25, -0.2) is 0 Å². The maximum atomic E-state index is 13.4. The number of aromatic nitrogens is 2. The minimum Gasteiger partial charge on any atom is -0.497 e. The molecular weight excluding hydrogens is 434 g/mol. The van der Waals surface area contributed by atoms with Crippen molar-refractivity contribution in [2.24, 2.45) is 0 Å². The van der Waals surface area contributed by atoms with E-state index in [0.717, 1.165) is 37.7 Å². The Morgan fingerprint density at radius 1 is 1.24 bits per heavy atom. The van der Waals surface area contributed by atoms with Crippen molar-refractivity contribution in [3.8, 4) is 5.75 Å². The predicted molar refractivity (Wildman–Crippen MR) is 127 cm³/mol. The van der Waals surface area contributed by atoms with Gasteiger partial charge in [0.05, 0.1) is 13.7 Å². The zero-order valence-corrected chi connectivity index (χ0v) is 20.1. The van der Waals surface area contributed by atoms with Crippen LogP contribution in [0.2, 0.25) is 0 Å². The number of nitrogens with one attached hydrogen (secondary N) is 2. The standard InChI is InChI=1S/C25H33N5O4/c1-4-12-29-23(32)21-14-20(22(31)26-15-17-8-7-11-19(13-17)34-3)28-30(21)16-25(29,2)24(33)27-18-9-5-6-10-18/h7-8,11,13-14,18H,4-6,9-10,12,15-16H2,1-3H3,(H,26,31)(H,27,33)/t25-/m0/s1. The van der Waals surface area contributed by atoms with E-state index in [-0.39, 0.29) is 36.0 Å². The summed E-state index contributed by atoms with van der Waals surface area (Å²) in [6.45, 7) is 4.73. The molecule has 2 aliphatic rings. The van der Waals surface area contributed by atoms with E-state index in [1.807, 2.05) is 31.2 Å². The Kier molecular flexibility index (Phi) is 6.90. The minimum atomic E-state index is -1.07. The van der Waals surface area contributed by atoms with Crippen molar-refractivity contribution in [1.29, 1.82) is 0 Å². The number of rotatable bonds is 8. The van der Waals surface area contributed by atoms with Crippen molar-refractivity contribution in [3.05, 3.63) is 47.3 Å². The number of nitrogens with zero attached hydrogens (tertiary/aromatic N) is 3. The number of fused-ring (bicyclic) bond motifs is 1. The molecule has 182 valence electrons. The fourth-order valence-electron chi connectivity index (χ4n) is 4.79. The van der Waals surface area contributed by atoms with Crippen molar-refractivity contribution in [1.82, 2.24) is 25.3 Å². The van der Waals surface area contributed by atoms with E-state index >= 15 is 0 Å². The summed E-state index contributed by atoms with van der Waals surface area (Å²) in [4.78, 5) is 41.2. The SMILES string of the molecule is CCCN1C(=O)c2cc(C(=O)NCc3cccc(OC)c3)nn2C[C@@]1(C)C(=O)NC1CCCC1. The van der Waals surface area contributed by atoms with Crippen molar-refractivity contribution in [2.45, 2.75) is 70.6 Å². The summed E-state index contributed by atoms with van der Waals surface area (Å²) in [7, 11) is 1.59. The van der Waals surface area contributed by atoms with Gasteiger partial charge in [0.1, 0.15) is 17.0 Å². The molecule has 0 saturated heterocycles. The lowest BCUT2D eigenvalue weighted by molar-refractivity contribution is -0.133. The highest BCUT2D eigenvalue weighted by Gasteiger charge is 2.48. The summed E-state index contributed by atoms with van der Waals surface area (Å²) in [6.07, 6.45) is 4.87. The van der Waals surface area contributed by atoms with Crippen LogP contribution >= 0.6 is 0 Å². The van der Waals surface area contributed by atoms with E-state index in [2.05, 4.69) is 15.7 Å². The molecule has 2 aromatic rings. The number of carbonyl (C=O) groups is 3. The maximum absolute atomic E-state index is 13.4. The molecule has 1 fully saturated rings. The molecule has 2 heterocycles. The molecule has 1 atom stereocenters. The highest BCUT2D eigenvalue weighted by atomic mass is 16.5. The molecule has 1 aliphatic carbocycles. The first-order chi connectivity index (χ1) is 16.4. The van der Waals surface area contributed by atoms with Gasteiger partial charge in [-0.3, -0.25) is 19.1 Å². The zero-order valence-electron chi connectivity index (χ0n) is 20.1. The molecule has 1 aliphatic heterocycles. The van der Waals surface area contributed by atoms with Crippen molar-refractivity contribution >= 4 is 17.7 Å². The van der Waals surface area contributed by atoms with Gasteiger partial charge in [0, 0.05) is 25.2 Å². The van der Waals surface area contributed by atoms with Crippen LogP contribution in [0.25, 0.3) is 0 Å². The van der Waals surface area contributed by atoms with Crippen LogP contribution in [0.3, 0.4) is 0 Å². The van der Waals surface area contributed by atoms with E-state index in [1.165, 1.54) is 10.7 Å². The van der Waals surface area contributed by atoms with Crippen molar-refractivity contribution in [2.75, 3.05) is 13.7 Å². The smallest absolute Gasteiger partial charge is 0.273 e. The summed E-state index contributed by atoms with van der Waals surface area (Å²) in [6, 6.07) is 9.09. The summed E-state index contributed by atoms with van der Waals surface area (Å²) < 4.78 is 6.72. The van der Waals surface area contributed by atoms with E-state index in [1.54, 1.807) is 18.9 Å². The Bertz CT molecular complexity index is 1080. The summed E-state index contributed by atoms with van der Waals surface area (Å²) in [5.41, 5.74) is 0.301. The fourth-order valence-corrected chi connectivity index (χ4v) is 4.79. The Morgan fingerprint density at radius 2 is 2.00 bits per heavy atom. The molecule has 9 heteroatoms. The topological polar surface area (TPSA) is 106 Å². The first-order valence-electron chi connectivity index (χ1n) is 12.0. The quantitative estimate of drug-likeness (QED) is 0.621. The first kappa shape index (κ1) is 23.8. The van der Waals surface area contributed by atoms with E-state index in [9.17, 15) is 14.4 Å². The van der Waals surface area contributed by atoms with Gasteiger partial charge in [-0.1, -0.05) is 31.9 Å². The number of methoxy groups -OCH3 is 1. The molecule has 0 unspecified atom stereocenters. The molecule has 0 bridgehead atoms. The van der Waals surface area contributed by atoms with Crippen molar-refractivity contribution in [3.63, 3.8) is 0 Å². The Labute approximate surface area is 199 Å². The number of hydrogen-bond acceptors (Lipinski definition) is 5. The summed E-state index contributed by atoms with van der Waals surface area (Å²) in [5, 5.41) is 10.4. The average Bonchev–Trinajstić information content (AvgIpc) is 3.50. The Hall–Kier alpha value is -3.36. The predicted octanol–water partition coefficient (Wildman–Crippen LogP) is 2.51. The zero-order chi connectivity index (χ0) is 24.3. The van der Waals surface area contributed by atoms with Crippen LogP contribution in [0.15, 0.2) is 30.3 Å². The van der Waals surface area contributed by atoms with Gasteiger partial charge in [-0.05, 0) is 43.9 Å². The molecule has 1 aromatic carbocycles. The van der Waals surface area contributed by atoms with Crippen LogP contribution in [-0.2, 0) is 17.9 Å². The fraction of sp³-hybridized carbons (Fsp3) is 0.520. The first-order valence-corrected chi connectivity index (χ1v) is 12.0. The molecule has 0 spiro atoms. The molecular formula is C25H33N5O4. The highest BCUT2D eigenvalue weighted by Crippen LogP contribution is 2.29. The number of carbonyl (C=O) groups excluding carboxylic acids is 3. The van der Waals surface area contributed by atoms with Gasteiger partial charge in [-0.15, -0.1) is 0 Å². The number of ether oxygens (including phenoxy) is 1. The minimum absolute atomic E-state index is 0.153. The van der Waals surface area contributed by atoms with Gasteiger partial charge < -0.3 is 20.3 Å². The summed E-state index contributed by atoms with van der Waals surface area (Å²) in [5.74, 6) is -0.111. The van der Waals surface area contributed by atoms with E-state index < -0.39 is 5.54 Å². The molecule has 34 heavy (non-hydrogen) atoms. The van der Waals surface area contributed by atoms with Crippen LogP contribution in [-0.4, -0.2) is 57.6 Å². The van der Waals surface area contributed by atoms with Crippen LogP contribution in [0.1, 0.15) is 72.5 Å². The van der Waals surface area contributed by atoms with E-state index in [0.29, 0.717) is 24.5 Å². The molecule has 4 rings (SSSR count). The third-order valence-electron chi connectivity index (χ3n) is 6.74. The molecule has 1 saturated carbocycles. The van der Waals surface area contributed by atoms with Crippen LogP contribution < -0.4 is 15.4 Å². The van der Waals surface area contributed by atoms with Crippen LogP contribution in [0.4, 0.5) is 0 Å². The largest absolute Gasteiger partial charge is 0.497 e. The van der Waals surface area contributed by atoms with Crippen molar-refractivity contribution < 1.29 is 19.1 Å². The van der Waals surface area contributed by atoms with Gasteiger partial charge in [0.2, 0.25) is 5.91 Å². The normalized spacial score (nSPS) is 20.2. The molecule has 0 radical (unpaired) electrons. The third kappa shape index (κ3) is 4.64. The average molecular weight is 468 g/mol. The number of hydrogen-bond donors (Lipinski definition) is 2. The van der Waals surface area contributed by atoms with E-state index in [4.69, 9.17) is 4.74 Å². The highest BCUT2D eigenvalue weighted by molar-refractivity contribution is 6.01. The molecule has 9 nitrogen and oxygen atoms in total. The van der Waals surface area contributed by atoms with Gasteiger partial charge in [0.25, 0.3) is 11.8 Å². The number of benzene rings is 1. The second-order valence-corrected chi connectivity index (χ2v) is 9.29. The molecule has 2 N–H and O–H groups in total. The van der Waals surface area contributed by atoms with Gasteiger partial charge in [-0.2, -0.15) is 5.10 Å². The van der Waals surface area contributed by atoms with Crippen LogP contribution in [0.5, 0.6) is 5.75 Å². The number of amides is 3. The second-order valence-electron chi connectivity index (χ2n) is 9.29. The Balaban J connectivity index is 1.52. The Morgan fingerprint density at radius 3 is 2.71 bits per heavy atom. The molecule has 1 aromatic heterocycles. The lowest BCUT2D eigenvalue weighted by Crippen LogP contribution is -2.65. The lowest BCUT2D eigenvalue weighted by Gasteiger charge is -2.43. The second kappa shape index (κ2) is 9.87. The van der Waals surface area contributed by atoms with Crippen LogP contribution in [0, 0.1) is 0 Å². The van der Waals surface area contributed by atoms with Gasteiger partial charge in [0.15, 0.2) is 5.69 Å². The lowest BCUT2D eigenvalue weighted by atomic mass is 9.94. The summed E-state index contributed by atoms with van der Waals surface area (Å²) >= 11 is 0. The molecule has 3 amide bonds. The van der Waals surface area contributed by atoms with Gasteiger partial charge >= 0.3 is 0 Å². The third-order valence-corrected chi connectivity index (χ3v) is 6.74.